The first-order valence-electron chi connectivity index (χ1n) is 9.10. The van der Waals surface area contributed by atoms with Gasteiger partial charge in [-0.3, -0.25) is 19.1 Å². The van der Waals surface area contributed by atoms with Crippen LogP contribution in [-0.2, 0) is 16.1 Å². The minimum Gasteiger partial charge on any atom is -0.467 e. The maximum Gasteiger partial charge on any atom is 0.239 e. The van der Waals surface area contributed by atoms with E-state index in [-0.39, 0.29) is 17.6 Å². The lowest BCUT2D eigenvalue weighted by molar-refractivity contribution is -0.140. The highest BCUT2D eigenvalue weighted by Gasteiger charge is 2.27. The number of hydrogen-bond acceptors (Lipinski definition) is 6. The number of furan rings is 1. The van der Waals surface area contributed by atoms with Crippen molar-refractivity contribution in [2.24, 2.45) is 0 Å². The average molecular weight is 396 g/mol. The molecule has 0 spiro atoms. The zero-order chi connectivity index (χ0) is 19.5. The van der Waals surface area contributed by atoms with Crippen molar-refractivity contribution in [3.8, 4) is 11.4 Å². The van der Waals surface area contributed by atoms with Crippen LogP contribution in [0.1, 0.15) is 24.2 Å². The van der Waals surface area contributed by atoms with Crippen LogP contribution in [0.25, 0.3) is 11.4 Å². The number of carbonyl (C=O) groups is 2. The summed E-state index contributed by atoms with van der Waals surface area (Å²) in [6.45, 7) is 2.99. The highest BCUT2D eigenvalue weighted by atomic mass is 32.2. The molecule has 2 amide bonds. The second-order valence-electron chi connectivity index (χ2n) is 6.67. The molecule has 4 rings (SSSR count). The topological polar surface area (TPSA) is 81.2 Å². The molecular weight excluding hydrogens is 376 g/mol. The number of aryl methyl sites for hydroxylation is 1. The van der Waals surface area contributed by atoms with Gasteiger partial charge in [0.1, 0.15) is 5.76 Å². The van der Waals surface area contributed by atoms with Crippen molar-refractivity contribution in [1.29, 1.82) is 0 Å². The molecular formula is C20H20N4O3S. The molecule has 144 valence electrons. The molecule has 1 aliphatic heterocycles. The molecule has 1 fully saturated rings. The Morgan fingerprint density at radius 1 is 1.25 bits per heavy atom. The summed E-state index contributed by atoms with van der Waals surface area (Å²) in [5.41, 5.74) is 2.08. The predicted octanol–water partition coefficient (Wildman–Crippen LogP) is 3.14. The number of amides is 2. The Kier molecular flexibility index (Phi) is 5.29. The van der Waals surface area contributed by atoms with E-state index < -0.39 is 0 Å². The predicted molar refractivity (Wildman–Crippen MR) is 105 cm³/mol. The molecule has 0 radical (unpaired) electrons. The second kappa shape index (κ2) is 8.02. The molecule has 0 bridgehead atoms. The van der Waals surface area contributed by atoms with E-state index in [1.165, 1.54) is 16.7 Å². The molecule has 1 aromatic carbocycles. The maximum absolute atomic E-state index is 12.4. The number of thioether (sulfide) groups is 1. The van der Waals surface area contributed by atoms with Crippen molar-refractivity contribution in [3.63, 3.8) is 0 Å². The lowest BCUT2D eigenvalue weighted by Gasteiger charge is -2.13. The van der Waals surface area contributed by atoms with Crippen molar-refractivity contribution in [1.82, 2.24) is 19.7 Å². The van der Waals surface area contributed by atoms with Gasteiger partial charge in [0, 0.05) is 18.5 Å². The van der Waals surface area contributed by atoms with E-state index >= 15 is 0 Å². The monoisotopic (exact) mass is 396 g/mol. The first-order chi connectivity index (χ1) is 13.6. The van der Waals surface area contributed by atoms with Gasteiger partial charge in [-0.05, 0) is 31.5 Å². The fraction of sp³-hybridized carbons (Fsp3) is 0.300. The SMILES string of the molecule is Cc1cccc(-c2nnc(SCC(=O)N3CCCC3=O)n2Cc2ccco2)c1. The summed E-state index contributed by atoms with van der Waals surface area (Å²) in [6.07, 6.45) is 2.81. The largest absolute Gasteiger partial charge is 0.467 e. The standard InChI is InChI=1S/C20H20N4O3S/c1-14-5-2-6-15(11-14)19-21-22-20(24(19)12-16-7-4-10-27-16)28-13-18(26)23-9-3-8-17(23)25/h2,4-7,10-11H,3,8-9,12-13H2,1H3. The Hall–Kier alpha value is -2.87. The summed E-state index contributed by atoms with van der Waals surface area (Å²) in [6, 6.07) is 11.8. The number of likely N-dealkylation sites (tertiary alicyclic amines) is 1. The maximum atomic E-state index is 12.4. The Morgan fingerprint density at radius 3 is 2.86 bits per heavy atom. The number of carbonyl (C=O) groups excluding carboxylic acids is 2. The van der Waals surface area contributed by atoms with E-state index in [1.807, 2.05) is 47.9 Å². The minimum atomic E-state index is -0.183. The lowest BCUT2D eigenvalue weighted by Crippen LogP contribution is -2.33. The van der Waals surface area contributed by atoms with Gasteiger partial charge >= 0.3 is 0 Å². The summed E-state index contributed by atoms with van der Waals surface area (Å²) in [4.78, 5) is 25.5. The van der Waals surface area contributed by atoms with Crippen LogP contribution in [0.4, 0.5) is 0 Å². The third kappa shape index (κ3) is 3.87. The summed E-state index contributed by atoms with van der Waals surface area (Å²) >= 11 is 1.29. The van der Waals surface area contributed by atoms with E-state index in [4.69, 9.17) is 4.42 Å². The number of benzene rings is 1. The number of rotatable bonds is 6. The lowest BCUT2D eigenvalue weighted by atomic mass is 10.1. The van der Waals surface area contributed by atoms with Crippen LogP contribution in [-0.4, -0.2) is 43.8 Å². The quantitative estimate of drug-likeness (QED) is 0.596. The first kappa shape index (κ1) is 18.5. The van der Waals surface area contributed by atoms with Gasteiger partial charge in [-0.2, -0.15) is 0 Å². The van der Waals surface area contributed by atoms with Gasteiger partial charge in [-0.15, -0.1) is 10.2 Å². The van der Waals surface area contributed by atoms with E-state index in [9.17, 15) is 9.59 Å². The van der Waals surface area contributed by atoms with Crippen molar-refractivity contribution < 1.29 is 14.0 Å². The van der Waals surface area contributed by atoms with Gasteiger partial charge in [-0.25, -0.2) is 0 Å². The number of nitrogens with zero attached hydrogens (tertiary/aromatic N) is 4. The molecule has 0 saturated carbocycles. The van der Waals surface area contributed by atoms with Gasteiger partial charge in [0.2, 0.25) is 11.8 Å². The molecule has 28 heavy (non-hydrogen) atoms. The zero-order valence-electron chi connectivity index (χ0n) is 15.5. The molecule has 0 atom stereocenters. The van der Waals surface area contributed by atoms with Gasteiger partial charge < -0.3 is 4.42 Å². The van der Waals surface area contributed by atoms with Crippen molar-refractivity contribution in [3.05, 3.63) is 54.0 Å². The van der Waals surface area contributed by atoms with Crippen LogP contribution in [0.2, 0.25) is 0 Å². The molecule has 0 aliphatic carbocycles. The fourth-order valence-corrected chi connectivity index (χ4v) is 4.02. The van der Waals surface area contributed by atoms with Gasteiger partial charge in [-0.1, -0.05) is 35.5 Å². The van der Waals surface area contributed by atoms with Crippen molar-refractivity contribution >= 4 is 23.6 Å². The van der Waals surface area contributed by atoms with Crippen LogP contribution in [0, 0.1) is 6.92 Å². The number of aromatic nitrogens is 3. The first-order valence-corrected chi connectivity index (χ1v) is 10.1. The second-order valence-corrected chi connectivity index (χ2v) is 7.62. The van der Waals surface area contributed by atoms with Gasteiger partial charge in [0.05, 0.1) is 18.6 Å². The van der Waals surface area contributed by atoms with Crippen LogP contribution in [0.3, 0.4) is 0 Å². The highest BCUT2D eigenvalue weighted by molar-refractivity contribution is 7.99. The fourth-order valence-electron chi connectivity index (χ4n) is 3.21. The van der Waals surface area contributed by atoms with Crippen molar-refractivity contribution in [2.45, 2.75) is 31.5 Å². The molecule has 8 heteroatoms. The Bertz CT molecular complexity index is 997. The highest BCUT2D eigenvalue weighted by Crippen LogP contribution is 2.26. The number of imide groups is 1. The normalized spacial score (nSPS) is 14.0. The average Bonchev–Trinajstić information content (AvgIpc) is 3.42. The minimum absolute atomic E-state index is 0.0943. The third-order valence-electron chi connectivity index (χ3n) is 4.59. The smallest absolute Gasteiger partial charge is 0.239 e. The molecule has 7 nitrogen and oxygen atoms in total. The molecule has 2 aromatic heterocycles. The molecule has 3 heterocycles. The van der Waals surface area contributed by atoms with Crippen LogP contribution in [0.5, 0.6) is 0 Å². The molecule has 0 N–H and O–H groups in total. The Labute approximate surface area is 166 Å². The molecule has 0 unspecified atom stereocenters. The van der Waals surface area contributed by atoms with E-state index in [0.717, 1.165) is 23.3 Å². The zero-order valence-corrected chi connectivity index (χ0v) is 16.3. The van der Waals surface area contributed by atoms with Crippen LogP contribution >= 0.6 is 11.8 Å². The van der Waals surface area contributed by atoms with Gasteiger partial charge in [0.15, 0.2) is 11.0 Å². The summed E-state index contributed by atoms with van der Waals surface area (Å²) in [7, 11) is 0. The summed E-state index contributed by atoms with van der Waals surface area (Å²) in [5, 5.41) is 9.27. The van der Waals surface area contributed by atoms with Crippen molar-refractivity contribution in [2.75, 3.05) is 12.3 Å². The van der Waals surface area contributed by atoms with E-state index in [0.29, 0.717) is 30.5 Å². The van der Waals surface area contributed by atoms with E-state index in [1.54, 1.807) is 6.26 Å². The Morgan fingerprint density at radius 2 is 2.14 bits per heavy atom. The molecule has 3 aromatic rings. The van der Waals surface area contributed by atoms with Crippen LogP contribution in [0.15, 0.2) is 52.2 Å². The molecule has 1 saturated heterocycles. The third-order valence-corrected chi connectivity index (χ3v) is 5.54. The van der Waals surface area contributed by atoms with Crippen LogP contribution < -0.4 is 0 Å². The number of hydrogen-bond donors (Lipinski definition) is 0. The molecule has 1 aliphatic rings. The van der Waals surface area contributed by atoms with E-state index in [2.05, 4.69) is 10.2 Å². The van der Waals surface area contributed by atoms with Gasteiger partial charge in [0.25, 0.3) is 0 Å². The summed E-state index contributed by atoms with van der Waals surface area (Å²) < 4.78 is 7.43. The summed E-state index contributed by atoms with van der Waals surface area (Å²) in [5.74, 6) is 1.36. The Balaban J connectivity index is 1.59.